The van der Waals surface area contributed by atoms with Crippen LogP contribution in [0.15, 0.2) is 12.4 Å². The largest absolute Gasteiger partial charge is 0.330 e. The molecule has 0 aromatic carbocycles. The van der Waals surface area contributed by atoms with Gasteiger partial charge in [0.25, 0.3) is 0 Å². The van der Waals surface area contributed by atoms with E-state index in [1.54, 1.807) is 12.4 Å². The van der Waals surface area contributed by atoms with E-state index in [4.69, 9.17) is 28.9 Å². The molecule has 2 rings (SSSR count). The number of halogens is 2. The van der Waals surface area contributed by atoms with E-state index in [-0.39, 0.29) is 0 Å². The van der Waals surface area contributed by atoms with Gasteiger partial charge in [0.1, 0.15) is 0 Å². The van der Waals surface area contributed by atoms with Gasteiger partial charge in [-0.1, -0.05) is 23.2 Å². The Kier molecular flexibility index (Phi) is 2.45. The van der Waals surface area contributed by atoms with Crippen LogP contribution in [0.25, 0.3) is 0 Å². The lowest BCUT2D eigenvalue weighted by Crippen LogP contribution is -2.02. The molecule has 2 N–H and O–H groups in total. The third kappa shape index (κ3) is 1.66. The first-order valence-corrected chi connectivity index (χ1v) is 4.98. The van der Waals surface area contributed by atoms with Gasteiger partial charge in [-0.3, -0.25) is 4.98 Å². The molecule has 1 aliphatic rings. The van der Waals surface area contributed by atoms with Crippen molar-refractivity contribution in [1.82, 2.24) is 4.98 Å². The minimum absolute atomic E-state index is 0.452. The highest BCUT2D eigenvalue weighted by Gasteiger charge is 2.39. The Morgan fingerprint density at radius 2 is 2.00 bits per heavy atom. The summed E-state index contributed by atoms with van der Waals surface area (Å²) in [5.74, 6) is 1.00. The molecule has 1 aliphatic carbocycles. The van der Waals surface area contributed by atoms with Crippen LogP contribution in [-0.2, 0) is 0 Å². The zero-order valence-corrected chi connectivity index (χ0v) is 8.52. The fourth-order valence-corrected chi connectivity index (χ4v) is 2.28. The minimum atomic E-state index is 0.452. The summed E-state index contributed by atoms with van der Waals surface area (Å²) < 4.78 is 0. The van der Waals surface area contributed by atoms with Crippen molar-refractivity contribution in [3.63, 3.8) is 0 Å². The van der Waals surface area contributed by atoms with Crippen LogP contribution in [0.5, 0.6) is 0 Å². The molecule has 1 heterocycles. The van der Waals surface area contributed by atoms with Crippen LogP contribution in [0.2, 0.25) is 10.0 Å². The molecule has 0 bridgehead atoms. The smallest absolute Gasteiger partial charge is 0.0639 e. The summed E-state index contributed by atoms with van der Waals surface area (Å²) in [6.07, 6.45) is 4.36. The van der Waals surface area contributed by atoms with Gasteiger partial charge in [-0.25, -0.2) is 0 Å². The maximum absolute atomic E-state index is 6.00. The average Bonchev–Trinajstić information content (AvgIpc) is 2.83. The zero-order chi connectivity index (χ0) is 9.42. The molecule has 1 aromatic heterocycles. The van der Waals surface area contributed by atoms with Gasteiger partial charge in [-0.15, -0.1) is 0 Å². The van der Waals surface area contributed by atoms with Gasteiger partial charge in [0, 0.05) is 12.4 Å². The highest BCUT2D eigenvalue weighted by Crippen LogP contribution is 2.50. The minimum Gasteiger partial charge on any atom is -0.330 e. The summed E-state index contributed by atoms with van der Waals surface area (Å²) in [6, 6.07) is 0. The molecule has 0 spiro atoms. The Morgan fingerprint density at radius 1 is 1.38 bits per heavy atom. The van der Waals surface area contributed by atoms with E-state index < -0.39 is 0 Å². The monoisotopic (exact) mass is 216 g/mol. The van der Waals surface area contributed by atoms with Crippen molar-refractivity contribution in [3.05, 3.63) is 28.0 Å². The van der Waals surface area contributed by atoms with Gasteiger partial charge in [0.15, 0.2) is 0 Å². The summed E-state index contributed by atoms with van der Waals surface area (Å²) in [6.45, 7) is 0.708. The van der Waals surface area contributed by atoms with Gasteiger partial charge in [0.05, 0.1) is 10.0 Å². The molecule has 70 valence electrons. The summed E-state index contributed by atoms with van der Waals surface area (Å²) in [4.78, 5) is 3.91. The second-order valence-corrected chi connectivity index (χ2v) is 4.17. The van der Waals surface area contributed by atoms with Crippen molar-refractivity contribution < 1.29 is 0 Å². The van der Waals surface area contributed by atoms with Gasteiger partial charge in [-0.05, 0) is 30.4 Å². The normalized spacial score (nSPS) is 26.1. The van der Waals surface area contributed by atoms with Gasteiger partial charge < -0.3 is 5.73 Å². The number of aromatic nitrogens is 1. The Labute approximate surface area is 87.1 Å². The fourth-order valence-electron chi connectivity index (χ4n) is 1.64. The van der Waals surface area contributed by atoms with Crippen molar-refractivity contribution in [2.75, 3.05) is 6.54 Å². The topological polar surface area (TPSA) is 38.9 Å². The third-order valence-corrected chi connectivity index (χ3v) is 3.09. The molecule has 4 heteroatoms. The molecule has 1 saturated carbocycles. The third-order valence-electron chi connectivity index (χ3n) is 2.49. The van der Waals surface area contributed by atoms with Crippen LogP contribution in [-0.4, -0.2) is 11.5 Å². The molecule has 13 heavy (non-hydrogen) atoms. The summed E-state index contributed by atoms with van der Waals surface area (Å²) in [5.41, 5.74) is 6.58. The lowest BCUT2D eigenvalue weighted by atomic mass is 10.1. The van der Waals surface area contributed by atoms with Crippen LogP contribution < -0.4 is 5.73 Å². The molecule has 0 saturated heterocycles. The quantitative estimate of drug-likeness (QED) is 0.826. The van der Waals surface area contributed by atoms with Gasteiger partial charge in [-0.2, -0.15) is 0 Å². The Bertz CT molecular complexity index is 307. The molecule has 2 unspecified atom stereocenters. The lowest BCUT2D eigenvalue weighted by molar-refractivity contribution is 0.809. The zero-order valence-electron chi connectivity index (χ0n) is 7.00. The highest BCUT2D eigenvalue weighted by atomic mass is 35.5. The first kappa shape index (κ1) is 9.25. The number of pyridine rings is 1. The molecule has 0 radical (unpaired) electrons. The predicted octanol–water partition coefficient (Wildman–Crippen LogP) is 2.45. The van der Waals surface area contributed by atoms with E-state index in [1.165, 1.54) is 0 Å². The van der Waals surface area contributed by atoms with Crippen molar-refractivity contribution in [1.29, 1.82) is 0 Å². The first-order valence-electron chi connectivity index (χ1n) is 4.23. The van der Waals surface area contributed by atoms with Crippen molar-refractivity contribution in [2.45, 2.75) is 12.3 Å². The van der Waals surface area contributed by atoms with E-state index in [1.807, 2.05) is 0 Å². The van der Waals surface area contributed by atoms with Gasteiger partial charge in [0.2, 0.25) is 0 Å². The molecular formula is C9H10Cl2N2. The Balaban J connectivity index is 2.30. The van der Waals surface area contributed by atoms with Crippen molar-refractivity contribution >= 4 is 23.2 Å². The number of nitrogens with two attached hydrogens (primary N) is 1. The Morgan fingerprint density at radius 3 is 2.46 bits per heavy atom. The maximum atomic E-state index is 6.00. The van der Waals surface area contributed by atoms with Gasteiger partial charge >= 0.3 is 0 Å². The van der Waals surface area contributed by atoms with Crippen LogP contribution in [0, 0.1) is 5.92 Å². The standard InChI is InChI=1S/C9H10Cl2N2/c10-7-3-13-4-8(11)9(7)6-1-5(6)2-12/h3-6H,1-2,12H2. The maximum Gasteiger partial charge on any atom is 0.0639 e. The van der Waals surface area contributed by atoms with Crippen molar-refractivity contribution in [2.24, 2.45) is 11.7 Å². The summed E-state index contributed by atoms with van der Waals surface area (Å²) in [7, 11) is 0. The molecule has 1 fully saturated rings. The van der Waals surface area contributed by atoms with E-state index in [9.17, 15) is 0 Å². The molecule has 2 atom stereocenters. The molecule has 1 aromatic rings. The number of nitrogens with zero attached hydrogens (tertiary/aromatic N) is 1. The van der Waals surface area contributed by atoms with E-state index in [0.29, 0.717) is 28.4 Å². The number of hydrogen-bond donors (Lipinski definition) is 1. The Hall–Kier alpha value is -0.310. The second-order valence-electron chi connectivity index (χ2n) is 3.35. The SMILES string of the molecule is NCC1CC1c1c(Cl)cncc1Cl. The van der Waals surface area contributed by atoms with Crippen LogP contribution in [0.4, 0.5) is 0 Å². The van der Waals surface area contributed by atoms with Crippen molar-refractivity contribution in [3.8, 4) is 0 Å². The van der Waals surface area contributed by atoms with Crippen LogP contribution in [0.3, 0.4) is 0 Å². The summed E-state index contributed by atoms with van der Waals surface area (Å²) >= 11 is 12.0. The van der Waals surface area contributed by atoms with Crippen LogP contribution >= 0.6 is 23.2 Å². The van der Waals surface area contributed by atoms with Crippen LogP contribution in [0.1, 0.15) is 17.9 Å². The summed E-state index contributed by atoms with van der Waals surface area (Å²) in [5, 5.41) is 1.32. The molecule has 0 aliphatic heterocycles. The fraction of sp³-hybridized carbons (Fsp3) is 0.444. The second kappa shape index (κ2) is 3.45. The lowest BCUT2D eigenvalue weighted by Gasteiger charge is -2.04. The highest BCUT2D eigenvalue weighted by molar-refractivity contribution is 6.35. The molecular weight excluding hydrogens is 207 g/mol. The number of hydrogen-bond acceptors (Lipinski definition) is 2. The van der Waals surface area contributed by atoms with E-state index in [0.717, 1.165) is 12.0 Å². The predicted molar refractivity (Wildman–Crippen MR) is 54.2 cm³/mol. The average molecular weight is 217 g/mol. The number of rotatable bonds is 2. The molecule has 2 nitrogen and oxygen atoms in total. The molecule has 0 amide bonds. The van der Waals surface area contributed by atoms with E-state index in [2.05, 4.69) is 4.98 Å². The first-order chi connectivity index (χ1) is 6.24. The van der Waals surface area contributed by atoms with E-state index >= 15 is 0 Å².